The second-order valence-electron chi connectivity index (χ2n) is 6.12. The molecule has 2 rings (SSSR count). The third kappa shape index (κ3) is 5.36. The van der Waals surface area contributed by atoms with E-state index in [1.165, 1.54) is 0 Å². The summed E-state index contributed by atoms with van der Waals surface area (Å²) in [7, 11) is 0. The van der Waals surface area contributed by atoms with E-state index in [0.717, 1.165) is 25.9 Å². The standard InChI is InChI=1S/C18H26N2O3/c1-3-23-18(22)15-5-4-6-16(12-15)20-17(21)11-13(2)14-7-9-19-10-8-14/h4-6,12-14,19H,3,7-11H2,1-2H3,(H,20,21). The molecule has 1 aromatic rings. The molecule has 0 saturated carbocycles. The Morgan fingerprint density at radius 3 is 2.78 bits per heavy atom. The molecular weight excluding hydrogens is 292 g/mol. The van der Waals surface area contributed by atoms with Crippen LogP contribution in [0.1, 0.15) is 43.5 Å². The van der Waals surface area contributed by atoms with E-state index < -0.39 is 0 Å². The second kappa shape index (κ2) is 8.67. The van der Waals surface area contributed by atoms with Gasteiger partial charge in [-0.1, -0.05) is 13.0 Å². The molecule has 1 fully saturated rings. The monoisotopic (exact) mass is 318 g/mol. The maximum absolute atomic E-state index is 12.2. The van der Waals surface area contributed by atoms with Crippen LogP contribution in [0.25, 0.3) is 0 Å². The van der Waals surface area contributed by atoms with Crippen LogP contribution in [0, 0.1) is 11.8 Å². The molecule has 0 aromatic heterocycles. The van der Waals surface area contributed by atoms with Crippen molar-refractivity contribution in [2.45, 2.75) is 33.1 Å². The summed E-state index contributed by atoms with van der Waals surface area (Å²) in [4.78, 5) is 24.0. The molecule has 1 heterocycles. The number of hydrogen-bond acceptors (Lipinski definition) is 4. The van der Waals surface area contributed by atoms with Crippen LogP contribution >= 0.6 is 0 Å². The number of benzene rings is 1. The second-order valence-corrected chi connectivity index (χ2v) is 6.12. The molecule has 23 heavy (non-hydrogen) atoms. The zero-order valence-corrected chi connectivity index (χ0v) is 13.9. The van der Waals surface area contributed by atoms with E-state index in [1.54, 1.807) is 31.2 Å². The predicted molar refractivity (Wildman–Crippen MR) is 90.4 cm³/mol. The summed E-state index contributed by atoms with van der Waals surface area (Å²) in [5.74, 6) is 0.599. The SMILES string of the molecule is CCOC(=O)c1cccc(NC(=O)CC(C)C2CCNCC2)c1. The van der Waals surface area contributed by atoms with Crippen LogP contribution in [0.4, 0.5) is 5.69 Å². The minimum atomic E-state index is -0.369. The summed E-state index contributed by atoms with van der Waals surface area (Å²) < 4.78 is 4.97. The maximum Gasteiger partial charge on any atom is 0.338 e. The van der Waals surface area contributed by atoms with Gasteiger partial charge in [-0.25, -0.2) is 4.79 Å². The molecule has 0 radical (unpaired) electrons. The van der Waals surface area contributed by atoms with E-state index in [1.807, 2.05) is 0 Å². The lowest BCUT2D eigenvalue weighted by Crippen LogP contribution is -2.32. The average molecular weight is 318 g/mol. The van der Waals surface area contributed by atoms with Gasteiger partial charge in [-0.2, -0.15) is 0 Å². The summed E-state index contributed by atoms with van der Waals surface area (Å²) in [6, 6.07) is 6.88. The Bertz CT molecular complexity index is 539. The van der Waals surface area contributed by atoms with E-state index in [9.17, 15) is 9.59 Å². The number of nitrogens with one attached hydrogen (secondary N) is 2. The van der Waals surface area contributed by atoms with Crippen LogP contribution in [-0.2, 0) is 9.53 Å². The largest absolute Gasteiger partial charge is 0.462 e. The minimum absolute atomic E-state index is 0.00274. The molecule has 1 aromatic carbocycles. The Hall–Kier alpha value is -1.88. The smallest absolute Gasteiger partial charge is 0.338 e. The Morgan fingerprint density at radius 2 is 2.09 bits per heavy atom. The fraction of sp³-hybridized carbons (Fsp3) is 0.556. The van der Waals surface area contributed by atoms with Gasteiger partial charge in [0.05, 0.1) is 12.2 Å². The zero-order chi connectivity index (χ0) is 16.7. The number of amides is 1. The Labute approximate surface area is 137 Å². The predicted octanol–water partition coefficient (Wildman–Crippen LogP) is 2.83. The molecule has 1 aliphatic rings. The maximum atomic E-state index is 12.2. The van der Waals surface area contributed by atoms with E-state index in [0.29, 0.717) is 36.1 Å². The molecule has 0 bridgehead atoms. The highest BCUT2D eigenvalue weighted by Crippen LogP contribution is 2.24. The number of hydrogen-bond donors (Lipinski definition) is 2. The van der Waals surface area contributed by atoms with Gasteiger partial charge in [0.15, 0.2) is 0 Å². The lowest BCUT2D eigenvalue weighted by molar-refractivity contribution is -0.117. The molecule has 1 aliphatic heterocycles. The molecule has 1 atom stereocenters. The van der Waals surface area contributed by atoms with Gasteiger partial charge in [-0.15, -0.1) is 0 Å². The quantitative estimate of drug-likeness (QED) is 0.792. The third-order valence-electron chi connectivity index (χ3n) is 4.35. The number of rotatable bonds is 6. The van der Waals surface area contributed by atoms with E-state index in [4.69, 9.17) is 4.74 Å². The van der Waals surface area contributed by atoms with Crippen molar-refractivity contribution in [3.63, 3.8) is 0 Å². The van der Waals surface area contributed by atoms with Crippen molar-refractivity contribution in [2.24, 2.45) is 11.8 Å². The average Bonchev–Trinajstić information content (AvgIpc) is 2.56. The van der Waals surface area contributed by atoms with Crippen LogP contribution in [0.2, 0.25) is 0 Å². The van der Waals surface area contributed by atoms with Crippen LogP contribution < -0.4 is 10.6 Å². The van der Waals surface area contributed by atoms with Crippen molar-refractivity contribution >= 4 is 17.6 Å². The number of ether oxygens (including phenoxy) is 1. The number of piperidine rings is 1. The van der Waals surface area contributed by atoms with Gasteiger partial charge in [0.2, 0.25) is 5.91 Å². The van der Waals surface area contributed by atoms with E-state index >= 15 is 0 Å². The lowest BCUT2D eigenvalue weighted by Gasteiger charge is -2.27. The first-order valence-corrected chi connectivity index (χ1v) is 8.38. The van der Waals surface area contributed by atoms with Gasteiger partial charge in [0.25, 0.3) is 0 Å². The van der Waals surface area contributed by atoms with E-state index in [2.05, 4.69) is 17.6 Å². The van der Waals surface area contributed by atoms with Gasteiger partial charge in [-0.05, 0) is 62.9 Å². The summed E-state index contributed by atoms with van der Waals surface area (Å²) in [6.45, 7) is 6.33. The first-order chi connectivity index (χ1) is 11.1. The Balaban J connectivity index is 1.89. The normalized spacial score (nSPS) is 16.6. The van der Waals surface area contributed by atoms with Gasteiger partial charge < -0.3 is 15.4 Å². The summed E-state index contributed by atoms with van der Waals surface area (Å²) >= 11 is 0. The molecule has 126 valence electrons. The lowest BCUT2D eigenvalue weighted by atomic mass is 9.84. The van der Waals surface area contributed by atoms with Crippen LogP contribution in [0.15, 0.2) is 24.3 Å². The number of anilines is 1. The van der Waals surface area contributed by atoms with Gasteiger partial charge in [-0.3, -0.25) is 4.79 Å². The molecule has 5 heteroatoms. The van der Waals surface area contributed by atoms with Crippen molar-refractivity contribution in [1.82, 2.24) is 5.32 Å². The first-order valence-electron chi connectivity index (χ1n) is 8.38. The van der Waals surface area contributed by atoms with Crippen LogP contribution in [-0.4, -0.2) is 31.6 Å². The highest BCUT2D eigenvalue weighted by Gasteiger charge is 2.22. The Kier molecular flexibility index (Phi) is 6.59. The summed E-state index contributed by atoms with van der Waals surface area (Å²) in [5.41, 5.74) is 1.09. The molecule has 2 N–H and O–H groups in total. The molecule has 1 unspecified atom stereocenters. The fourth-order valence-electron chi connectivity index (χ4n) is 3.02. The van der Waals surface area contributed by atoms with Crippen molar-refractivity contribution in [3.05, 3.63) is 29.8 Å². The fourth-order valence-corrected chi connectivity index (χ4v) is 3.02. The number of carbonyl (C=O) groups is 2. The molecule has 0 aliphatic carbocycles. The summed E-state index contributed by atoms with van der Waals surface area (Å²) in [6.07, 6.45) is 2.77. The topological polar surface area (TPSA) is 67.4 Å². The van der Waals surface area contributed by atoms with Crippen LogP contribution in [0.3, 0.4) is 0 Å². The van der Waals surface area contributed by atoms with Gasteiger partial charge in [0.1, 0.15) is 0 Å². The molecule has 0 spiro atoms. The Morgan fingerprint density at radius 1 is 1.35 bits per heavy atom. The minimum Gasteiger partial charge on any atom is -0.462 e. The molecule has 1 saturated heterocycles. The van der Waals surface area contributed by atoms with Crippen molar-refractivity contribution in [2.75, 3.05) is 25.0 Å². The van der Waals surface area contributed by atoms with Crippen LogP contribution in [0.5, 0.6) is 0 Å². The first kappa shape index (κ1) is 17.5. The molecule has 5 nitrogen and oxygen atoms in total. The molecule has 1 amide bonds. The van der Waals surface area contributed by atoms with Crippen molar-refractivity contribution < 1.29 is 14.3 Å². The van der Waals surface area contributed by atoms with E-state index in [-0.39, 0.29) is 11.9 Å². The number of esters is 1. The zero-order valence-electron chi connectivity index (χ0n) is 13.9. The van der Waals surface area contributed by atoms with Crippen molar-refractivity contribution in [1.29, 1.82) is 0 Å². The highest BCUT2D eigenvalue weighted by atomic mass is 16.5. The van der Waals surface area contributed by atoms with Gasteiger partial charge in [0, 0.05) is 12.1 Å². The van der Waals surface area contributed by atoms with Crippen molar-refractivity contribution in [3.8, 4) is 0 Å². The summed E-state index contributed by atoms with van der Waals surface area (Å²) in [5, 5.41) is 6.23. The molecular formula is C18H26N2O3. The van der Waals surface area contributed by atoms with Gasteiger partial charge >= 0.3 is 5.97 Å². The third-order valence-corrected chi connectivity index (χ3v) is 4.35. The number of carbonyl (C=O) groups excluding carboxylic acids is 2. The highest BCUT2D eigenvalue weighted by molar-refractivity contribution is 5.94.